The number of amides is 1. The van der Waals surface area contributed by atoms with Crippen molar-refractivity contribution in [2.75, 3.05) is 0 Å². The van der Waals surface area contributed by atoms with Gasteiger partial charge in [-0.15, -0.1) is 11.3 Å². The molecule has 23 heavy (non-hydrogen) atoms. The number of aryl methyl sites for hydroxylation is 3. The van der Waals surface area contributed by atoms with Gasteiger partial charge in [0.2, 0.25) is 5.91 Å². The number of hydrogen-bond donors (Lipinski definition) is 1. The van der Waals surface area contributed by atoms with Gasteiger partial charge in [-0.2, -0.15) is 0 Å². The van der Waals surface area contributed by atoms with Crippen molar-refractivity contribution in [1.29, 1.82) is 0 Å². The van der Waals surface area contributed by atoms with E-state index in [1.165, 1.54) is 15.3 Å². The largest absolute Gasteiger partial charge is 0.349 e. The molecule has 0 aliphatic heterocycles. The lowest BCUT2D eigenvalue weighted by Crippen LogP contribution is -2.28. The Balaban J connectivity index is 1.71. The molecule has 3 rings (SSSR count). The molecule has 0 aliphatic carbocycles. The van der Waals surface area contributed by atoms with Gasteiger partial charge >= 0.3 is 0 Å². The maximum atomic E-state index is 12.3. The molecule has 0 radical (unpaired) electrons. The van der Waals surface area contributed by atoms with E-state index < -0.39 is 0 Å². The zero-order valence-corrected chi connectivity index (χ0v) is 14.7. The summed E-state index contributed by atoms with van der Waals surface area (Å²) in [5.41, 5.74) is 4.01. The summed E-state index contributed by atoms with van der Waals surface area (Å²) in [5, 5.41) is 3.08. The van der Waals surface area contributed by atoms with Gasteiger partial charge in [0.05, 0.1) is 18.2 Å². The molecule has 3 aromatic heterocycles. The fraction of sp³-hybridized carbons (Fsp3) is 0.333. The Morgan fingerprint density at radius 3 is 2.83 bits per heavy atom. The first-order valence-corrected chi connectivity index (χ1v) is 8.55. The topological polar surface area (TPSA) is 46.4 Å². The molecule has 0 saturated carbocycles. The SMILES string of the molecule is Cc1cc([C@@H](C)NC(=O)Cc2cn3cccc(C)c3n2)c(C)s1. The van der Waals surface area contributed by atoms with Gasteiger partial charge in [0.1, 0.15) is 5.65 Å². The molecule has 120 valence electrons. The third-order valence-electron chi connectivity index (χ3n) is 3.99. The fourth-order valence-electron chi connectivity index (χ4n) is 2.90. The second-order valence-electron chi connectivity index (χ2n) is 5.99. The molecule has 0 saturated heterocycles. The van der Waals surface area contributed by atoms with Crippen LogP contribution in [-0.4, -0.2) is 15.3 Å². The average molecular weight is 327 g/mol. The number of fused-ring (bicyclic) bond motifs is 1. The summed E-state index contributed by atoms with van der Waals surface area (Å²) in [6.07, 6.45) is 4.18. The van der Waals surface area contributed by atoms with Gasteiger partial charge in [0.25, 0.3) is 0 Å². The minimum absolute atomic E-state index is 0.00168. The van der Waals surface area contributed by atoms with Crippen LogP contribution in [0.15, 0.2) is 30.6 Å². The van der Waals surface area contributed by atoms with Crippen LogP contribution < -0.4 is 5.32 Å². The minimum Gasteiger partial charge on any atom is -0.349 e. The van der Waals surface area contributed by atoms with Crippen LogP contribution in [-0.2, 0) is 11.2 Å². The molecule has 1 amide bonds. The Bertz CT molecular complexity index is 862. The summed E-state index contributed by atoms with van der Waals surface area (Å²) in [6, 6.07) is 6.18. The van der Waals surface area contributed by atoms with E-state index in [0.717, 1.165) is 16.9 Å². The van der Waals surface area contributed by atoms with E-state index in [2.05, 4.69) is 30.2 Å². The molecule has 5 heteroatoms. The summed E-state index contributed by atoms with van der Waals surface area (Å²) in [7, 11) is 0. The lowest BCUT2D eigenvalue weighted by molar-refractivity contribution is -0.121. The van der Waals surface area contributed by atoms with E-state index in [1.807, 2.05) is 42.8 Å². The third kappa shape index (κ3) is 3.29. The zero-order valence-electron chi connectivity index (χ0n) is 13.9. The van der Waals surface area contributed by atoms with Crippen LogP contribution in [0, 0.1) is 20.8 Å². The number of thiophene rings is 1. The zero-order chi connectivity index (χ0) is 16.6. The normalized spacial score (nSPS) is 12.5. The predicted octanol–water partition coefficient (Wildman–Crippen LogP) is 3.74. The molecule has 0 spiro atoms. The average Bonchev–Trinajstić information content (AvgIpc) is 3.02. The maximum absolute atomic E-state index is 12.3. The van der Waals surface area contributed by atoms with Gasteiger partial charge in [0.15, 0.2) is 0 Å². The van der Waals surface area contributed by atoms with Crippen molar-refractivity contribution in [2.45, 2.75) is 40.2 Å². The second kappa shape index (κ2) is 6.16. The Morgan fingerprint density at radius 2 is 2.17 bits per heavy atom. The van der Waals surface area contributed by atoms with E-state index >= 15 is 0 Å². The molecular formula is C18H21N3OS. The number of nitrogens with zero attached hydrogens (tertiary/aromatic N) is 2. The van der Waals surface area contributed by atoms with Crippen molar-refractivity contribution in [3.8, 4) is 0 Å². The van der Waals surface area contributed by atoms with Gasteiger partial charge in [-0.1, -0.05) is 6.07 Å². The van der Waals surface area contributed by atoms with Crippen LogP contribution in [0.25, 0.3) is 5.65 Å². The molecule has 3 aromatic rings. The van der Waals surface area contributed by atoms with Gasteiger partial charge in [0, 0.05) is 22.1 Å². The lowest BCUT2D eigenvalue weighted by atomic mass is 10.1. The van der Waals surface area contributed by atoms with Crippen LogP contribution in [0.3, 0.4) is 0 Å². The Kier molecular flexibility index (Phi) is 4.22. The number of carbonyl (C=O) groups is 1. The Morgan fingerprint density at radius 1 is 1.39 bits per heavy atom. The summed E-state index contributed by atoms with van der Waals surface area (Å²) in [6.45, 7) is 8.24. The van der Waals surface area contributed by atoms with Gasteiger partial charge in [-0.05, 0) is 51.0 Å². The molecule has 1 N–H and O–H groups in total. The molecule has 0 aliphatic rings. The molecule has 0 fully saturated rings. The lowest BCUT2D eigenvalue weighted by Gasteiger charge is -2.13. The number of hydrogen-bond acceptors (Lipinski definition) is 3. The van der Waals surface area contributed by atoms with Gasteiger partial charge in [-0.3, -0.25) is 4.79 Å². The van der Waals surface area contributed by atoms with Crippen molar-refractivity contribution >= 4 is 22.9 Å². The second-order valence-corrected chi connectivity index (χ2v) is 7.45. The van der Waals surface area contributed by atoms with Crippen LogP contribution in [0.1, 0.15) is 39.5 Å². The highest BCUT2D eigenvalue weighted by Crippen LogP contribution is 2.26. The van der Waals surface area contributed by atoms with E-state index in [4.69, 9.17) is 0 Å². The van der Waals surface area contributed by atoms with E-state index in [9.17, 15) is 4.79 Å². The third-order valence-corrected chi connectivity index (χ3v) is 4.97. The minimum atomic E-state index is 0.00168. The summed E-state index contributed by atoms with van der Waals surface area (Å²) >= 11 is 1.77. The van der Waals surface area contributed by atoms with Crippen molar-refractivity contribution in [3.05, 3.63) is 57.2 Å². The van der Waals surface area contributed by atoms with Crippen LogP contribution >= 0.6 is 11.3 Å². The number of rotatable bonds is 4. The van der Waals surface area contributed by atoms with E-state index in [1.54, 1.807) is 11.3 Å². The van der Waals surface area contributed by atoms with Crippen LogP contribution in [0.2, 0.25) is 0 Å². The number of nitrogens with one attached hydrogen (secondary N) is 1. The van der Waals surface area contributed by atoms with Crippen LogP contribution in [0.4, 0.5) is 0 Å². The van der Waals surface area contributed by atoms with Crippen molar-refractivity contribution < 1.29 is 4.79 Å². The monoisotopic (exact) mass is 327 g/mol. The molecule has 0 bridgehead atoms. The van der Waals surface area contributed by atoms with Gasteiger partial charge < -0.3 is 9.72 Å². The van der Waals surface area contributed by atoms with Crippen molar-refractivity contribution in [2.24, 2.45) is 0 Å². The molecular weight excluding hydrogens is 306 g/mol. The Hall–Kier alpha value is -2.14. The Labute approximate surface area is 140 Å². The van der Waals surface area contributed by atoms with E-state index in [0.29, 0.717) is 6.42 Å². The molecule has 4 nitrogen and oxygen atoms in total. The summed E-state index contributed by atoms with van der Waals surface area (Å²) in [5.74, 6) is 0.00168. The highest BCUT2D eigenvalue weighted by Gasteiger charge is 2.15. The summed E-state index contributed by atoms with van der Waals surface area (Å²) in [4.78, 5) is 19.4. The van der Waals surface area contributed by atoms with Crippen molar-refractivity contribution in [1.82, 2.24) is 14.7 Å². The standard InChI is InChI=1S/C18H21N3OS/c1-11-6-5-7-21-10-15(20-18(11)21)9-17(22)19-13(3)16-8-12(2)23-14(16)4/h5-8,10,13H,9H2,1-4H3,(H,19,22)/t13-/m1/s1. The quantitative estimate of drug-likeness (QED) is 0.793. The molecule has 1 atom stereocenters. The smallest absolute Gasteiger partial charge is 0.226 e. The fourth-order valence-corrected chi connectivity index (χ4v) is 3.93. The molecule has 0 aromatic carbocycles. The highest BCUT2D eigenvalue weighted by atomic mass is 32.1. The van der Waals surface area contributed by atoms with Crippen molar-refractivity contribution in [3.63, 3.8) is 0 Å². The molecule has 3 heterocycles. The van der Waals surface area contributed by atoms with Crippen LogP contribution in [0.5, 0.6) is 0 Å². The number of carbonyl (C=O) groups excluding carboxylic acids is 1. The first kappa shape index (κ1) is 15.7. The maximum Gasteiger partial charge on any atom is 0.226 e. The highest BCUT2D eigenvalue weighted by molar-refractivity contribution is 7.12. The number of pyridine rings is 1. The first-order valence-electron chi connectivity index (χ1n) is 7.73. The molecule has 0 unspecified atom stereocenters. The van der Waals surface area contributed by atoms with Gasteiger partial charge in [-0.25, -0.2) is 4.98 Å². The predicted molar refractivity (Wildman–Crippen MR) is 94.0 cm³/mol. The summed E-state index contributed by atoms with van der Waals surface area (Å²) < 4.78 is 1.97. The number of imidazole rings is 1. The first-order chi connectivity index (χ1) is 10.9. The number of aromatic nitrogens is 2. The van der Waals surface area contributed by atoms with E-state index in [-0.39, 0.29) is 11.9 Å².